The van der Waals surface area contributed by atoms with Gasteiger partial charge < -0.3 is 5.11 Å². The Bertz CT molecular complexity index is 900. The maximum absolute atomic E-state index is 12.8. The summed E-state index contributed by atoms with van der Waals surface area (Å²) in [5.74, 6) is -0.938. The van der Waals surface area contributed by atoms with E-state index < -0.39 is 21.4 Å². The number of aliphatic carboxylic acids is 1. The highest BCUT2D eigenvalue weighted by molar-refractivity contribution is 7.89. The zero-order valence-electron chi connectivity index (χ0n) is 14.4. The smallest absolute Gasteiger partial charge is 0.314 e. The van der Waals surface area contributed by atoms with E-state index in [1.807, 2.05) is 6.92 Å². The Hall–Kier alpha value is -1.89. The van der Waals surface area contributed by atoms with Gasteiger partial charge in [0.15, 0.2) is 0 Å². The molecule has 0 atom stereocenters. The number of sulfonamides is 1. The molecule has 7 heteroatoms. The lowest BCUT2D eigenvalue weighted by molar-refractivity contribution is -0.145. The van der Waals surface area contributed by atoms with Crippen LogP contribution in [0.15, 0.2) is 53.4 Å². The first-order valence-electron chi connectivity index (χ1n) is 8.32. The van der Waals surface area contributed by atoms with Crippen molar-refractivity contribution >= 4 is 27.6 Å². The summed E-state index contributed by atoms with van der Waals surface area (Å²) in [5.41, 5.74) is 0.543. The molecular weight excluding hydrogens is 374 g/mol. The predicted octanol–water partition coefficient (Wildman–Crippen LogP) is 3.46. The number of carboxylic acid groups (broad SMARTS) is 1. The molecule has 1 N–H and O–H groups in total. The third kappa shape index (κ3) is 3.37. The van der Waals surface area contributed by atoms with Gasteiger partial charge in [-0.2, -0.15) is 4.31 Å². The number of piperidine rings is 1. The summed E-state index contributed by atoms with van der Waals surface area (Å²) in [4.78, 5) is 12.3. The van der Waals surface area contributed by atoms with Crippen LogP contribution in [0.5, 0.6) is 0 Å². The molecule has 0 amide bonds. The van der Waals surface area contributed by atoms with Crippen molar-refractivity contribution in [1.82, 2.24) is 4.31 Å². The SMILES string of the molecule is Cc1ccc(S(=O)(=O)N2CCC(C(=O)O)(c3ccc(Cl)cc3)CC2)cc1. The Morgan fingerprint density at radius 2 is 1.58 bits per heavy atom. The van der Waals surface area contributed by atoms with Crippen molar-refractivity contribution in [1.29, 1.82) is 0 Å². The molecule has 1 aliphatic rings. The Labute approximate surface area is 158 Å². The summed E-state index contributed by atoms with van der Waals surface area (Å²) in [7, 11) is -3.62. The van der Waals surface area contributed by atoms with Gasteiger partial charge in [0, 0.05) is 18.1 Å². The largest absolute Gasteiger partial charge is 0.481 e. The molecule has 0 unspecified atom stereocenters. The van der Waals surface area contributed by atoms with Crippen molar-refractivity contribution in [3.05, 3.63) is 64.7 Å². The third-order valence-corrected chi connectivity index (χ3v) is 7.21. The average molecular weight is 394 g/mol. The summed E-state index contributed by atoms with van der Waals surface area (Å²) >= 11 is 5.90. The molecule has 26 heavy (non-hydrogen) atoms. The number of carbonyl (C=O) groups is 1. The zero-order valence-corrected chi connectivity index (χ0v) is 15.9. The predicted molar refractivity (Wildman–Crippen MR) is 99.9 cm³/mol. The van der Waals surface area contributed by atoms with Gasteiger partial charge in [0.05, 0.1) is 10.3 Å². The number of halogens is 1. The van der Waals surface area contributed by atoms with Gasteiger partial charge >= 0.3 is 5.97 Å². The number of carboxylic acids is 1. The first-order valence-corrected chi connectivity index (χ1v) is 10.1. The second kappa shape index (κ2) is 7.02. The number of hydrogen-bond donors (Lipinski definition) is 1. The van der Waals surface area contributed by atoms with Crippen LogP contribution in [0.25, 0.3) is 0 Å². The average Bonchev–Trinajstić information content (AvgIpc) is 2.62. The Morgan fingerprint density at radius 1 is 1.04 bits per heavy atom. The summed E-state index contributed by atoms with van der Waals surface area (Å²) in [6, 6.07) is 13.4. The summed E-state index contributed by atoms with van der Waals surface area (Å²) in [5, 5.41) is 10.4. The molecule has 1 heterocycles. The van der Waals surface area contributed by atoms with Gasteiger partial charge in [-0.05, 0) is 49.6 Å². The summed E-state index contributed by atoms with van der Waals surface area (Å²) < 4.78 is 27.0. The van der Waals surface area contributed by atoms with Gasteiger partial charge in [0.25, 0.3) is 0 Å². The standard InChI is InChI=1S/C19H20ClNO4S/c1-14-2-8-17(9-3-14)26(24,25)21-12-10-19(11-13-21,18(22)23)15-4-6-16(20)7-5-15/h2-9H,10-13H2,1H3,(H,22,23). The van der Waals surface area contributed by atoms with Crippen molar-refractivity contribution in [2.45, 2.75) is 30.1 Å². The molecule has 0 aliphatic carbocycles. The van der Waals surface area contributed by atoms with Crippen molar-refractivity contribution in [2.24, 2.45) is 0 Å². The molecule has 3 rings (SSSR count). The molecule has 5 nitrogen and oxygen atoms in total. The molecule has 0 spiro atoms. The van der Waals surface area contributed by atoms with Crippen LogP contribution in [0.2, 0.25) is 5.02 Å². The maximum atomic E-state index is 12.8. The fourth-order valence-electron chi connectivity index (χ4n) is 3.36. The normalized spacial score (nSPS) is 17.8. The molecule has 2 aromatic carbocycles. The van der Waals surface area contributed by atoms with Crippen molar-refractivity contribution in [3.8, 4) is 0 Å². The second-order valence-corrected chi connectivity index (χ2v) is 8.99. The molecule has 1 aliphatic heterocycles. The molecular formula is C19H20ClNO4S. The highest BCUT2D eigenvalue weighted by Crippen LogP contribution is 2.38. The highest BCUT2D eigenvalue weighted by Gasteiger charge is 2.45. The van der Waals surface area contributed by atoms with Gasteiger partial charge in [-0.1, -0.05) is 41.4 Å². The van der Waals surface area contributed by atoms with E-state index in [0.29, 0.717) is 10.6 Å². The Kier molecular flexibility index (Phi) is 5.10. The second-order valence-electron chi connectivity index (χ2n) is 6.61. The van der Waals surface area contributed by atoms with Gasteiger partial charge in [0.1, 0.15) is 0 Å². The minimum atomic E-state index is -3.62. The van der Waals surface area contributed by atoms with Crippen LogP contribution in [0.1, 0.15) is 24.0 Å². The first kappa shape index (κ1) is 18.9. The topological polar surface area (TPSA) is 74.7 Å². The fourth-order valence-corrected chi connectivity index (χ4v) is 4.93. The number of hydrogen-bond acceptors (Lipinski definition) is 3. The van der Waals surface area contributed by atoms with E-state index >= 15 is 0 Å². The number of nitrogens with zero attached hydrogens (tertiary/aromatic N) is 1. The highest BCUT2D eigenvalue weighted by atomic mass is 35.5. The van der Waals surface area contributed by atoms with Gasteiger partial charge in [-0.15, -0.1) is 0 Å². The molecule has 2 aromatic rings. The van der Waals surface area contributed by atoms with E-state index in [-0.39, 0.29) is 30.8 Å². The van der Waals surface area contributed by atoms with Crippen LogP contribution in [-0.2, 0) is 20.2 Å². The minimum Gasteiger partial charge on any atom is -0.481 e. The van der Waals surface area contributed by atoms with E-state index in [1.54, 1.807) is 48.5 Å². The Morgan fingerprint density at radius 3 is 2.08 bits per heavy atom. The van der Waals surface area contributed by atoms with Crippen molar-refractivity contribution < 1.29 is 18.3 Å². The van der Waals surface area contributed by atoms with E-state index in [0.717, 1.165) is 5.56 Å². The van der Waals surface area contributed by atoms with E-state index in [1.165, 1.54) is 4.31 Å². The van der Waals surface area contributed by atoms with E-state index in [4.69, 9.17) is 11.6 Å². The molecule has 0 bridgehead atoms. The minimum absolute atomic E-state index is 0.158. The fraction of sp³-hybridized carbons (Fsp3) is 0.316. The number of aryl methyl sites for hydroxylation is 1. The zero-order chi connectivity index (χ0) is 18.9. The summed E-state index contributed by atoms with van der Waals surface area (Å²) in [6.07, 6.45) is 0.435. The lowest BCUT2D eigenvalue weighted by Gasteiger charge is -2.38. The number of rotatable bonds is 4. The molecule has 1 fully saturated rings. The van der Waals surface area contributed by atoms with Crippen molar-refractivity contribution in [2.75, 3.05) is 13.1 Å². The quantitative estimate of drug-likeness (QED) is 0.863. The van der Waals surface area contributed by atoms with Crippen LogP contribution in [-0.4, -0.2) is 36.9 Å². The molecule has 0 radical (unpaired) electrons. The molecule has 1 saturated heterocycles. The first-order chi connectivity index (χ1) is 12.3. The van der Waals surface area contributed by atoms with Gasteiger partial charge in [0.2, 0.25) is 10.0 Å². The van der Waals surface area contributed by atoms with E-state index in [9.17, 15) is 18.3 Å². The lowest BCUT2D eigenvalue weighted by Crippen LogP contribution is -2.49. The van der Waals surface area contributed by atoms with Crippen LogP contribution in [0.4, 0.5) is 0 Å². The van der Waals surface area contributed by atoms with Crippen molar-refractivity contribution in [3.63, 3.8) is 0 Å². The monoisotopic (exact) mass is 393 g/mol. The Balaban J connectivity index is 1.85. The van der Waals surface area contributed by atoms with Crippen LogP contribution >= 0.6 is 11.6 Å². The number of benzene rings is 2. The van der Waals surface area contributed by atoms with Crippen LogP contribution in [0, 0.1) is 6.92 Å². The van der Waals surface area contributed by atoms with E-state index in [2.05, 4.69) is 0 Å². The summed E-state index contributed by atoms with van der Waals surface area (Å²) in [6.45, 7) is 2.21. The molecule has 0 saturated carbocycles. The molecule has 138 valence electrons. The van der Waals surface area contributed by atoms with Crippen LogP contribution in [0.3, 0.4) is 0 Å². The third-order valence-electron chi connectivity index (χ3n) is 5.04. The van der Waals surface area contributed by atoms with Crippen LogP contribution < -0.4 is 0 Å². The van der Waals surface area contributed by atoms with Gasteiger partial charge in [-0.3, -0.25) is 4.79 Å². The van der Waals surface area contributed by atoms with Gasteiger partial charge in [-0.25, -0.2) is 8.42 Å². The molecule has 0 aromatic heterocycles. The lowest BCUT2D eigenvalue weighted by atomic mass is 9.73. The maximum Gasteiger partial charge on any atom is 0.314 e.